The van der Waals surface area contributed by atoms with Crippen molar-refractivity contribution < 1.29 is 14.3 Å². The molecule has 0 aromatic heterocycles. The van der Waals surface area contributed by atoms with Gasteiger partial charge in [0.2, 0.25) is 0 Å². The molecule has 2 rings (SSSR count). The van der Waals surface area contributed by atoms with Gasteiger partial charge in [-0.15, -0.1) is 6.42 Å². The van der Waals surface area contributed by atoms with Gasteiger partial charge in [0.1, 0.15) is 0 Å². The molecule has 18 heavy (non-hydrogen) atoms. The van der Waals surface area contributed by atoms with Crippen molar-refractivity contribution in [1.29, 1.82) is 0 Å². The fraction of sp³-hybridized carbons (Fsp3) is 0.400. The van der Waals surface area contributed by atoms with E-state index in [0.29, 0.717) is 0 Å². The van der Waals surface area contributed by atoms with Crippen LogP contribution in [0, 0.1) is 18.3 Å². The Labute approximate surface area is 106 Å². The molecule has 1 aliphatic rings. The van der Waals surface area contributed by atoms with Gasteiger partial charge < -0.3 is 5.11 Å². The van der Waals surface area contributed by atoms with Crippen molar-refractivity contribution in [2.45, 2.75) is 30.8 Å². The maximum atomic E-state index is 14.2. The molecular weight excluding hydrogens is 231 g/mol. The van der Waals surface area contributed by atoms with Crippen LogP contribution < -0.4 is 0 Å². The lowest BCUT2D eigenvalue weighted by Gasteiger charge is -2.35. The monoisotopic (exact) mass is 246 g/mol. The van der Waals surface area contributed by atoms with Gasteiger partial charge in [0, 0.05) is 12.3 Å². The highest BCUT2D eigenvalue weighted by atomic mass is 19.1. The Hall–Kier alpha value is -1.82. The van der Waals surface area contributed by atoms with Crippen LogP contribution in [-0.4, -0.2) is 16.7 Å². The maximum absolute atomic E-state index is 14.2. The molecule has 3 heteroatoms. The third-order valence-corrected chi connectivity index (χ3v) is 3.68. The summed E-state index contributed by atoms with van der Waals surface area (Å²) in [7, 11) is 0. The lowest BCUT2D eigenvalue weighted by atomic mass is 9.70. The van der Waals surface area contributed by atoms with E-state index in [9.17, 15) is 14.3 Å². The number of benzene rings is 1. The summed E-state index contributed by atoms with van der Waals surface area (Å²) in [4.78, 5) is 11.3. The SMILES string of the molecule is C#CC1(F)CC[C@H](C(=O)O)[C@@H](c2ccccc2)C1. The van der Waals surface area contributed by atoms with E-state index in [4.69, 9.17) is 6.42 Å². The number of alkyl halides is 1. The fourth-order valence-electron chi connectivity index (χ4n) is 2.66. The molecule has 1 aromatic rings. The Morgan fingerprint density at radius 1 is 1.44 bits per heavy atom. The molecule has 0 amide bonds. The van der Waals surface area contributed by atoms with Crippen LogP contribution in [0.25, 0.3) is 0 Å². The molecule has 0 bridgehead atoms. The minimum absolute atomic E-state index is 0.0878. The van der Waals surface area contributed by atoms with Gasteiger partial charge in [0.15, 0.2) is 5.67 Å². The average Bonchev–Trinajstić information content (AvgIpc) is 2.39. The summed E-state index contributed by atoms with van der Waals surface area (Å²) in [5, 5.41) is 9.24. The molecule has 94 valence electrons. The number of rotatable bonds is 2. The molecule has 0 spiro atoms. The first kappa shape index (κ1) is 12.6. The predicted octanol–water partition coefficient (Wildman–Crippen LogP) is 3.00. The van der Waals surface area contributed by atoms with E-state index in [1.807, 2.05) is 30.3 Å². The van der Waals surface area contributed by atoms with Gasteiger partial charge in [-0.3, -0.25) is 4.79 Å². The lowest BCUT2D eigenvalue weighted by Crippen LogP contribution is -2.36. The Balaban J connectivity index is 2.32. The van der Waals surface area contributed by atoms with Crippen molar-refractivity contribution >= 4 is 5.97 Å². The molecule has 0 aliphatic heterocycles. The van der Waals surface area contributed by atoms with Crippen molar-refractivity contribution in [3.05, 3.63) is 35.9 Å². The zero-order chi connectivity index (χ0) is 13.2. The number of terminal acetylenes is 1. The van der Waals surface area contributed by atoms with Crippen molar-refractivity contribution in [2.75, 3.05) is 0 Å². The summed E-state index contributed by atoms with van der Waals surface area (Å²) in [6.07, 6.45) is 5.73. The van der Waals surface area contributed by atoms with E-state index in [0.717, 1.165) is 5.56 Å². The molecule has 1 aliphatic carbocycles. The van der Waals surface area contributed by atoms with Crippen LogP contribution in [0.2, 0.25) is 0 Å². The molecule has 3 atom stereocenters. The minimum atomic E-state index is -1.67. The molecule has 0 saturated heterocycles. The van der Waals surface area contributed by atoms with Crippen molar-refractivity contribution in [3.8, 4) is 12.3 Å². The molecule has 1 N–H and O–H groups in total. The highest BCUT2D eigenvalue weighted by molar-refractivity contribution is 5.71. The summed E-state index contributed by atoms with van der Waals surface area (Å²) in [6.45, 7) is 0. The first-order valence-corrected chi connectivity index (χ1v) is 6.00. The fourth-order valence-corrected chi connectivity index (χ4v) is 2.66. The van der Waals surface area contributed by atoms with Crippen LogP contribution in [0.5, 0.6) is 0 Å². The van der Waals surface area contributed by atoms with Crippen LogP contribution in [0.3, 0.4) is 0 Å². The molecule has 0 heterocycles. The number of carbonyl (C=O) groups is 1. The zero-order valence-corrected chi connectivity index (χ0v) is 9.97. The van der Waals surface area contributed by atoms with Crippen LogP contribution in [-0.2, 0) is 4.79 Å². The normalized spacial score (nSPS) is 31.6. The second kappa shape index (κ2) is 4.81. The molecule has 1 fully saturated rings. The molecule has 0 radical (unpaired) electrons. The van der Waals surface area contributed by atoms with Crippen molar-refractivity contribution in [1.82, 2.24) is 0 Å². The van der Waals surface area contributed by atoms with Gasteiger partial charge in [-0.05, 0) is 18.4 Å². The Kier molecular flexibility index (Phi) is 3.38. The van der Waals surface area contributed by atoms with Gasteiger partial charge >= 0.3 is 5.97 Å². The van der Waals surface area contributed by atoms with Crippen LogP contribution >= 0.6 is 0 Å². The van der Waals surface area contributed by atoms with Crippen LogP contribution in [0.15, 0.2) is 30.3 Å². The molecule has 1 unspecified atom stereocenters. The third kappa shape index (κ3) is 2.38. The summed E-state index contributed by atoms with van der Waals surface area (Å²) in [6, 6.07) is 9.19. The summed E-state index contributed by atoms with van der Waals surface area (Å²) in [5.41, 5.74) is -0.825. The van der Waals surface area contributed by atoms with Gasteiger partial charge in [-0.2, -0.15) is 0 Å². The summed E-state index contributed by atoms with van der Waals surface area (Å²) < 4.78 is 14.2. The van der Waals surface area contributed by atoms with Crippen molar-refractivity contribution in [2.24, 2.45) is 5.92 Å². The third-order valence-electron chi connectivity index (χ3n) is 3.68. The Morgan fingerprint density at radius 3 is 2.67 bits per heavy atom. The van der Waals surface area contributed by atoms with Gasteiger partial charge in [-0.25, -0.2) is 4.39 Å². The minimum Gasteiger partial charge on any atom is -0.481 e. The van der Waals surface area contributed by atoms with Gasteiger partial charge in [-0.1, -0.05) is 36.3 Å². The molecular formula is C15H15FO2. The predicted molar refractivity (Wildman–Crippen MR) is 66.8 cm³/mol. The highest BCUT2D eigenvalue weighted by Gasteiger charge is 2.43. The number of carboxylic acids is 1. The van der Waals surface area contributed by atoms with E-state index in [-0.39, 0.29) is 25.2 Å². The second-order valence-corrected chi connectivity index (χ2v) is 4.81. The van der Waals surface area contributed by atoms with E-state index in [2.05, 4.69) is 5.92 Å². The Bertz CT molecular complexity index is 477. The standard InChI is InChI=1S/C15H15FO2/c1-2-15(16)9-8-12(14(17)18)13(10-15)11-6-4-3-5-7-11/h1,3-7,12-13H,8-10H2,(H,17,18)/t12-,13+,15?/m0/s1. The highest BCUT2D eigenvalue weighted by Crippen LogP contribution is 2.44. The van der Waals surface area contributed by atoms with Crippen LogP contribution in [0.4, 0.5) is 4.39 Å². The lowest BCUT2D eigenvalue weighted by molar-refractivity contribution is -0.144. The summed E-state index contributed by atoms with van der Waals surface area (Å²) in [5.74, 6) is 0.408. The molecule has 2 nitrogen and oxygen atoms in total. The number of carboxylic acid groups (broad SMARTS) is 1. The first-order valence-electron chi connectivity index (χ1n) is 6.00. The maximum Gasteiger partial charge on any atom is 0.307 e. The first-order chi connectivity index (χ1) is 8.56. The van der Waals surface area contributed by atoms with Gasteiger partial charge in [0.05, 0.1) is 5.92 Å². The largest absolute Gasteiger partial charge is 0.481 e. The van der Waals surface area contributed by atoms with E-state index in [1.165, 1.54) is 0 Å². The Morgan fingerprint density at radius 2 is 2.11 bits per heavy atom. The van der Waals surface area contributed by atoms with Gasteiger partial charge in [0.25, 0.3) is 0 Å². The number of hydrogen-bond acceptors (Lipinski definition) is 1. The summed E-state index contributed by atoms with van der Waals surface area (Å²) >= 11 is 0. The molecule has 1 aromatic carbocycles. The second-order valence-electron chi connectivity index (χ2n) is 4.81. The number of halogens is 1. The van der Waals surface area contributed by atoms with E-state index >= 15 is 0 Å². The quantitative estimate of drug-likeness (QED) is 0.814. The van der Waals surface area contributed by atoms with E-state index in [1.54, 1.807) is 0 Å². The smallest absolute Gasteiger partial charge is 0.307 e. The zero-order valence-electron chi connectivity index (χ0n) is 9.97. The number of aliphatic carboxylic acids is 1. The topological polar surface area (TPSA) is 37.3 Å². The van der Waals surface area contributed by atoms with Crippen LogP contribution in [0.1, 0.15) is 30.7 Å². The van der Waals surface area contributed by atoms with Crippen molar-refractivity contribution in [3.63, 3.8) is 0 Å². The van der Waals surface area contributed by atoms with E-state index < -0.39 is 17.6 Å². The molecule has 1 saturated carbocycles. The average molecular weight is 246 g/mol. The number of hydrogen-bond donors (Lipinski definition) is 1.